The molecule has 0 atom stereocenters. The number of fused-ring (bicyclic) bond motifs is 3. The van der Waals surface area contributed by atoms with Crippen LogP contribution in [0, 0.1) is 0 Å². The molecule has 5 rings (SSSR count). The maximum atomic E-state index is 11.5. The van der Waals surface area contributed by atoms with Crippen LogP contribution in [-0.2, 0) is 12.8 Å². The lowest BCUT2D eigenvalue weighted by atomic mass is 9.90. The highest BCUT2D eigenvalue weighted by Gasteiger charge is 2.33. The molecule has 136 valence electrons. The Hall–Kier alpha value is -3.22. The van der Waals surface area contributed by atoms with Gasteiger partial charge in [-0.15, -0.1) is 0 Å². The lowest BCUT2D eigenvalue weighted by molar-refractivity contribution is 0.0695. The van der Waals surface area contributed by atoms with Crippen molar-refractivity contribution < 1.29 is 14.6 Å². The summed E-state index contributed by atoms with van der Waals surface area (Å²) in [5.41, 5.74) is 5.19. The summed E-state index contributed by atoms with van der Waals surface area (Å²) in [5.74, 6) is 0.515. The van der Waals surface area contributed by atoms with Crippen molar-refractivity contribution in [1.82, 2.24) is 19.7 Å². The van der Waals surface area contributed by atoms with E-state index in [9.17, 15) is 9.90 Å². The van der Waals surface area contributed by atoms with Crippen molar-refractivity contribution in [3.8, 4) is 23.0 Å². The van der Waals surface area contributed by atoms with E-state index in [4.69, 9.17) is 9.72 Å². The van der Waals surface area contributed by atoms with Crippen LogP contribution >= 0.6 is 0 Å². The third-order valence-corrected chi connectivity index (χ3v) is 5.27. The number of carboxylic acid groups (broad SMARTS) is 1. The Bertz CT molecular complexity index is 1070. The summed E-state index contributed by atoms with van der Waals surface area (Å²) in [6.07, 6.45) is 6.96. The first-order valence-electron chi connectivity index (χ1n) is 9.00. The first-order chi connectivity index (χ1) is 13.2. The maximum Gasteiger partial charge on any atom is 0.339 e. The van der Waals surface area contributed by atoms with Crippen molar-refractivity contribution >= 4 is 5.97 Å². The van der Waals surface area contributed by atoms with Gasteiger partial charge >= 0.3 is 5.97 Å². The number of nitrogens with zero attached hydrogens (tertiary/aromatic N) is 4. The third kappa shape index (κ3) is 2.58. The number of carboxylic acids is 1. The molecule has 1 N–H and O–H groups in total. The molecular formula is C20H18N4O3. The molecule has 3 aromatic rings. The van der Waals surface area contributed by atoms with Crippen LogP contribution in [0.1, 0.15) is 45.9 Å². The minimum Gasteiger partial charge on any atom is -0.497 e. The van der Waals surface area contributed by atoms with Gasteiger partial charge in [0.1, 0.15) is 11.3 Å². The van der Waals surface area contributed by atoms with E-state index < -0.39 is 5.97 Å². The van der Waals surface area contributed by atoms with Gasteiger partial charge in [0, 0.05) is 17.7 Å². The van der Waals surface area contributed by atoms with Gasteiger partial charge in [-0.25, -0.2) is 19.4 Å². The molecule has 1 aromatic carbocycles. The molecule has 2 aliphatic carbocycles. The van der Waals surface area contributed by atoms with Crippen LogP contribution in [0.5, 0.6) is 5.75 Å². The predicted octanol–water partition coefficient (Wildman–Crippen LogP) is 3.01. The normalized spacial score (nSPS) is 15.1. The van der Waals surface area contributed by atoms with Gasteiger partial charge in [0.25, 0.3) is 5.95 Å². The molecule has 0 saturated heterocycles. The summed E-state index contributed by atoms with van der Waals surface area (Å²) in [5, 5.41) is 13.8. The van der Waals surface area contributed by atoms with E-state index in [0.29, 0.717) is 11.6 Å². The Kier molecular flexibility index (Phi) is 3.50. The van der Waals surface area contributed by atoms with Gasteiger partial charge < -0.3 is 9.84 Å². The second kappa shape index (κ2) is 5.90. The molecule has 1 fully saturated rings. The van der Waals surface area contributed by atoms with E-state index in [2.05, 4.69) is 10.1 Å². The van der Waals surface area contributed by atoms with E-state index in [0.717, 1.165) is 48.3 Å². The Balaban J connectivity index is 1.64. The Morgan fingerprint density at radius 3 is 2.78 bits per heavy atom. The number of aromatic carboxylic acids is 1. The third-order valence-electron chi connectivity index (χ3n) is 5.27. The monoisotopic (exact) mass is 362 g/mol. The molecule has 2 aromatic heterocycles. The predicted molar refractivity (Wildman–Crippen MR) is 97.5 cm³/mol. The second-order valence-corrected chi connectivity index (χ2v) is 7.00. The summed E-state index contributed by atoms with van der Waals surface area (Å²) >= 11 is 0. The summed E-state index contributed by atoms with van der Waals surface area (Å²) in [7, 11) is 1.66. The summed E-state index contributed by atoms with van der Waals surface area (Å²) < 4.78 is 6.93. The number of benzene rings is 1. The van der Waals surface area contributed by atoms with Crippen LogP contribution in [0.4, 0.5) is 0 Å². The molecule has 27 heavy (non-hydrogen) atoms. The van der Waals surface area contributed by atoms with Gasteiger partial charge in [-0.1, -0.05) is 0 Å². The van der Waals surface area contributed by atoms with Crippen molar-refractivity contribution in [3.05, 3.63) is 53.0 Å². The van der Waals surface area contributed by atoms with Gasteiger partial charge in [-0.3, -0.25) is 0 Å². The SMILES string of the molecule is COc1ccc2c(c1)CCc1cnc(-n3ncc(C(=O)O)c3C3CC3)nc1-2. The van der Waals surface area contributed by atoms with Crippen molar-refractivity contribution in [1.29, 1.82) is 0 Å². The molecule has 0 radical (unpaired) electrons. The Labute approximate surface area is 155 Å². The number of hydrogen-bond acceptors (Lipinski definition) is 5. The summed E-state index contributed by atoms with van der Waals surface area (Å²) in [6, 6.07) is 6.00. The quantitative estimate of drug-likeness (QED) is 0.767. The van der Waals surface area contributed by atoms with Crippen LogP contribution in [0.3, 0.4) is 0 Å². The molecule has 0 amide bonds. The van der Waals surface area contributed by atoms with Crippen LogP contribution in [0.25, 0.3) is 17.2 Å². The number of ether oxygens (including phenoxy) is 1. The van der Waals surface area contributed by atoms with Gasteiger partial charge in [-0.2, -0.15) is 5.10 Å². The molecular weight excluding hydrogens is 344 g/mol. The maximum absolute atomic E-state index is 11.5. The average molecular weight is 362 g/mol. The number of hydrogen-bond donors (Lipinski definition) is 1. The molecule has 0 aliphatic heterocycles. The highest BCUT2D eigenvalue weighted by Crippen LogP contribution is 2.42. The molecule has 2 heterocycles. The van der Waals surface area contributed by atoms with E-state index in [-0.39, 0.29) is 11.5 Å². The highest BCUT2D eigenvalue weighted by atomic mass is 16.5. The zero-order valence-corrected chi connectivity index (χ0v) is 14.8. The van der Waals surface area contributed by atoms with Crippen LogP contribution in [-0.4, -0.2) is 37.9 Å². The molecule has 7 nitrogen and oxygen atoms in total. The Morgan fingerprint density at radius 2 is 2.04 bits per heavy atom. The molecule has 0 bridgehead atoms. The zero-order valence-electron chi connectivity index (χ0n) is 14.8. The lowest BCUT2D eigenvalue weighted by Crippen LogP contribution is -2.13. The van der Waals surface area contributed by atoms with Gasteiger partial charge in [-0.05, 0) is 55.0 Å². The number of carbonyl (C=O) groups is 1. The highest BCUT2D eigenvalue weighted by molar-refractivity contribution is 5.89. The smallest absolute Gasteiger partial charge is 0.339 e. The van der Waals surface area contributed by atoms with Crippen molar-refractivity contribution in [2.45, 2.75) is 31.6 Å². The van der Waals surface area contributed by atoms with Gasteiger partial charge in [0.05, 0.1) is 24.7 Å². The molecule has 0 unspecified atom stereocenters. The fourth-order valence-corrected chi connectivity index (χ4v) is 3.75. The van der Waals surface area contributed by atoms with E-state index in [1.807, 2.05) is 24.4 Å². The first kappa shape index (κ1) is 16.0. The van der Waals surface area contributed by atoms with E-state index in [1.54, 1.807) is 11.8 Å². The fraction of sp³-hybridized carbons (Fsp3) is 0.300. The van der Waals surface area contributed by atoms with E-state index in [1.165, 1.54) is 11.8 Å². The summed E-state index contributed by atoms with van der Waals surface area (Å²) in [6.45, 7) is 0. The zero-order chi connectivity index (χ0) is 18.5. The first-order valence-corrected chi connectivity index (χ1v) is 9.00. The van der Waals surface area contributed by atoms with Gasteiger partial charge in [0.2, 0.25) is 0 Å². The van der Waals surface area contributed by atoms with Crippen molar-refractivity contribution in [3.63, 3.8) is 0 Å². The largest absolute Gasteiger partial charge is 0.497 e. The van der Waals surface area contributed by atoms with Crippen molar-refractivity contribution in [2.75, 3.05) is 7.11 Å². The lowest BCUT2D eigenvalue weighted by Gasteiger charge is -2.20. The molecule has 2 aliphatic rings. The minimum absolute atomic E-state index is 0.217. The average Bonchev–Trinajstić information content (AvgIpc) is 3.44. The van der Waals surface area contributed by atoms with Gasteiger partial charge in [0.15, 0.2) is 0 Å². The van der Waals surface area contributed by atoms with Crippen LogP contribution in [0.2, 0.25) is 0 Å². The second-order valence-electron chi connectivity index (χ2n) is 7.00. The standard InChI is InChI=1S/C20H18N4O3/c1-27-14-6-7-15-12(8-14)4-5-13-9-21-20(23-17(13)15)24-18(11-2-3-11)16(10-22-24)19(25)26/h6-11H,2-5H2,1H3,(H,25,26). The van der Waals surface area contributed by atoms with E-state index >= 15 is 0 Å². The number of methoxy groups -OCH3 is 1. The number of rotatable bonds is 4. The summed E-state index contributed by atoms with van der Waals surface area (Å²) in [4.78, 5) is 20.8. The molecule has 0 spiro atoms. The number of aryl methyl sites for hydroxylation is 2. The minimum atomic E-state index is -0.960. The molecule has 1 saturated carbocycles. The molecule has 7 heteroatoms. The fourth-order valence-electron chi connectivity index (χ4n) is 3.75. The van der Waals surface area contributed by atoms with Crippen LogP contribution < -0.4 is 4.74 Å². The Morgan fingerprint density at radius 1 is 1.22 bits per heavy atom. The number of aromatic nitrogens is 4. The van der Waals surface area contributed by atoms with Crippen LogP contribution in [0.15, 0.2) is 30.6 Å². The van der Waals surface area contributed by atoms with Crippen molar-refractivity contribution in [2.24, 2.45) is 0 Å². The topological polar surface area (TPSA) is 90.1 Å².